The Hall–Kier alpha value is -3.09. The van der Waals surface area contributed by atoms with Crippen molar-refractivity contribution in [2.24, 2.45) is 11.7 Å². The van der Waals surface area contributed by atoms with Gasteiger partial charge in [-0.15, -0.1) is 0 Å². The minimum atomic E-state index is -1.36. The van der Waals surface area contributed by atoms with Crippen molar-refractivity contribution in [3.8, 4) is 0 Å². The maximum atomic E-state index is 13.1. The maximum absolute atomic E-state index is 13.1. The van der Waals surface area contributed by atoms with Crippen LogP contribution in [-0.4, -0.2) is 75.4 Å². The van der Waals surface area contributed by atoms with Crippen LogP contribution in [0.3, 0.4) is 0 Å². The lowest BCUT2D eigenvalue weighted by molar-refractivity contribution is -0.143. The van der Waals surface area contributed by atoms with Crippen LogP contribution in [0.2, 0.25) is 0 Å². The van der Waals surface area contributed by atoms with Crippen LogP contribution in [0, 0.1) is 5.92 Å². The van der Waals surface area contributed by atoms with Crippen LogP contribution in [0.15, 0.2) is 30.5 Å². The number of H-pyrrole nitrogens is 1. The van der Waals surface area contributed by atoms with Gasteiger partial charge in [0.25, 0.3) is 0 Å². The molecule has 0 aliphatic heterocycles. The molecule has 0 bridgehead atoms. The molecule has 0 aliphatic rings. The number of hydrogen-bond acceptors (Lipinski definition) is 7. The summed E-state index contributed by atoms with van der Waals surface area (Å²) in [5.41, 5.74) is 7.14. The predicted octanol–water partition coefficient (Wildman–Crippen LogP) is -0.845. The zero-order valence-electron chi connectivity index (χ0n) is 18.9. The highest BCUT2D eigenvalue weighted by Gasteiger charge is 2.31. The van der Waals surface area contributed by atoms with Gasteiger partial charge >= 0.3 is 5.97 Å². The molecule has 0 fully saturated rings. The number of fused-ring (bicyclic) bond motifs is 1. The van der Waals surface area contributed by atoms with Crippen molar-refractivity contribution in [3.05, 3.63) is 36.0 Å². The van der Waals surface area contributed by atoms with Crippen LogP contribution in [-0.2, 0) is 25.6 Å². The monoisotopic (exact) mass is 493 g/mol. The van der Waals surface area contributed by atoms with Gasteiger partial charge in [-0.2, -0.15) is 12.6 Å². The number of aliphatic carboxylic acids is 1. The SMILES string of the molecule is CC(C)[C@H](NC(=O)[C@H](Cc1c[nH]c2ccccc12)NC(=O)[C@H](CO)NC(=O)[C@@H](N)CS)C(=O)O. The number of amides is 3. The van der Waals surface area contributed by atoms with E-state index >= 15 is 0 Å². The molecule has 3 amide bonds. The fourth-order valence-electron chi connectivity index (χ4n) is 3.33. The minimum Gasteiger partial charge on any atom is -0.480 e. The number of carbonyl (C=O) groups excluding carboxylic acids is 3. The summed E-state index contributed by atoms with van der Waals surface area (Å²) in [6.07, 6.45) is 1.74. The van der Waals surface area contributed by atoms with Crippen LogP contribution in [0.4, 0.5) is 0 Å². The number of para-hydroxylation sites is 1. The second kappa shape index (κ2) is 12.4. The van der Waals surface area contributed by atoms with E-state index in [2.05, 4.69) is 33.6 Å². The van der Waals surface area contributed by atoms with Crippen LogP contribution in [0.1, 0.15) is 19.4 Å². The summed E-state index contributed by atoms with van der Waals surface area (Å²) in [7, 11) is 0. The van der Waals surface area contributed by atoms with Crippen molar-refractivity contribution < 1.29 is 29.4 Å². The second-order valence-corrected chi connectivity index (χ2v) is 8.59. The summed E-state index contributed by atoms with van der Waals surface area (Å²) in [4.78, 5) is 52.6. The number of aliphatic hydroxyl groups is 1. The minimum absolute atomic E-state index is 0.0307. The fraction of sp³-hybridized carbons (Fsp3) is 0.455. The number of thiol groups is 1. The van der Waals surface area contributed by atoms with Crippen molar-refractivity contribution in [2.45, 2.75) is 44.4 Å². The Morgan fingerprint density at radius 2 is 1.65 bits per heavy atom. The summed E-state index contributed by atoms with van der Waals surface area (Å²) in [5.74, 6) is -3.80. The topological polar surface area (TPSA) is 187 Å². The molecule has 0 radical (unpaired) electrons. The van der Waals surface area contributed by atoms with Crippen molar-refractivity contribution in [1.82, 2.24) is 20.9 Å². The molecule has 11 nitrogen and oxygen atoms in total. The van der Waals surface area contributed by atoms with E-state index in [9.17, 15) is 29.4 Å². The predicted molar refractivity (Wildman–Crippen MR) is 129 cm³/mol. The maximum Gasteiger partial charge on any atom is 0.326 e. The molecule has 2 aromatic rings. The molecule has 0 saturated carbocycles. The van der Waals surface area contributed by atoms with E-state index in [-0.39, 0.29) is 12.2 Å². The summed E-state index contributed by atoms with van der Waals surface area (Å²) in [6.45, 7) is 2.56. The molecule has 34 heavy (non-hydrogen) atoms. The van der Waals surface area contributed by atoms with E-state index < -0.39 is 60.4 Å². The van der Waals surface area contributed by atoms with E-state index in [1.165, 1.54) is 0 Å². The molecule has 2 rings (SSSR count). The van der Waals surface area contributed by atoms with Crippen LogP contribution in [0.5, 0.6) is 0 Å². The number of carboxylic acids is 1. The Balaban J connectivity index is 2.28. The van der Waals surface area contributed by atoms with Crippen molar-refractivity contribution in [2.75, 3.05) is 12.4 Å². The summed E-state index contributed by atoms with van der Waals surface area (Å²) >= 11 is 3.93. The average Bonchev–Trinajstić information content (AvgIpc) is 3.21. The lowest BCUT2D eigenvalue weighted by atomic mass is 10.0. The normalized spacial score (nSPS) is 14.8. The van der Waals surface area contributed by atoms with E-state index in [4.69, 9.17) is 5.73 Å². The molecule has 12 heteroatoms. The highest BCUT2D eigenvalue weighted by Crippen LogP contribution is 2.19. The zero-order valence-corrected chi connectivity index (χ0v) is 19.8. The lowest BCUT2D eigenvalue weighted by Gasteiger charge is -2.25. The lowest BCUT2D eigenvalue weighted by Crippen LogP contribution is -2.59. The van der Waals surface area contributed by atoms with Gasteiger partial charge in [-0.05, 0) is 17.5 Å². The molecule has 8 N–H and O–H groups in total. The number of nitrogens with two attached hydrogens (primary N) is 1. The quantitative estimate of drug-likeness (QED) is 0.177. The standard InChI is InChI=1S/C22H31N5O6S/c1-11(2)18(22(32)33)27-20(30)16(7-12-8-24-15-6-4-3-5-13(12)15)25-21(31)17(9-28)26-19(29)14(23)10-34/h3-6,8,11,14,16-18,24,28,34H,7,9-10,23H2,1-2H3,(H,25,31)(H,26,29)(H,27,30)(H,32,33)/t14-,16-,17-,18-/m0/s1. The number of aliphatic hydroxyl groups excluding tert-OH is 1. The number of aromatic amines is 1. The largest absolute Gasteiger partial charge is 0.480 e. The van der Waals surface area contributed by atoms with Crippen molar-refractivity contribution in [3.63, 3.8) is 0 Å². The van der Waals surface area contributed by atoms with Gasteiger partial charge in [-0.25, -0.2) is 4.79 Å². The number of benzene rings is 1. The first-order chi connectivity index (χ1) is 16.1. The summed E-state index contributed by atoms with van der Waals surface area (Å²) in [5, 5.41) is 27.2. The molecular formula is C22H31N5O6S. The van der Waals surface area contributed by atoms with E-state index in [1.54, 1.807) is 20.0 Å². The molecule has 4 atom stereocenters. The molecule has 186 valence electrons. The van der Waals surface area contributed by atoms with Gasteiger partial charge in [0.15, 0.2) is 0 Å². The smallest absolute Gasteiger partial charge is 0.326 e. The highest BCUT2D eigenvalue weighted by atomic mass is 32.1. The molecule has 0 saturated heterocycles. The molecule has 0 spiro atoms. The van der Waals surface area contributed by atoms with E-state index in [0.29, 0.717) is 5.56 Å². The molecule has 1 heterocycles. The number of aromatic nitrogens is 1. The Kier molecular flexibility index (Phi) is 9.90. The Labute approximate surface area is 202 Å². The molecule has 1 aromatic carbocycles. The number of carboxylic acid groups (broad SMARTS) is 1. The Morgan fingerprint density at radius 3 is 2.24 bits per heavy atom. The number of hydrogen-bond donors (Lipinski definition) is 8. The average molecular weight is 494 g/mol. The van der Waals surface area contributed by atoms with Crippen LogP contribution >= 0.6 is 12.6 Å². The van der Waals surface area contributed by atoms with E-state index in [0.717, 1.165) is 10.9 Å². The second-order valence-electron chi connectivity index (χ2n) is 8.23. The molecule has 0 unspecified atom stereocenters. The van der Waals surface area contributed by atoms with Gasteiger partial charge in [0.1, 0.15) is 18.1 Å². The fourth-order valence-corrected chi connectivity index (χ4v) is 3.49. The van der Waals surface area contributed by atoms with Gasteiger partial charge in [0.05, 0.1) is 12.6 Å². The third-order valence-electron chi connectivity index (χ3n) is 5.31. The van der Waals surface area contributed by atoms with Gasteiger partial charge in [0, 0.05) is 29.3 Å². The van der Waals surface area contributed by atoms with Crippen LogP contribution < -0.4 is 21.7 Å². The number of rotatable bonds is 12. The Bertz CT molecular complexity index is 1030. The number of nitrogens with one attached hydrogen (secondary N) is 4. The zero-order chi connectivity index (χ0) is 25.4. The van der Waals surface area contributed by atoms with Gasteiger partial charge in [-0.3, -0.25) is 14.4 Å². The van der Waals surface area contributed by atoms with Crippen molar-refractivity contribution >= 4 is 47.2 Å². The Morgan fingerprint density at radius 1 is 1.03 bits per heavy atom. The highest BCUT2D eigenvalue weighted by molar-refractivity contribution is 7.80. The number of carbonyl (C=O) groups is 4. The first kappa shape index (κ1) is 27.2. The van der Waals surface area contributed by atoms with Gasteiger partial charge in [0.2, 0.25) is 17.7 Å². The molecular weight excluding hydrogens is 462 g/mol. The molecule has 0 aliphatic carbocycles. The van der Waals surface area contributed by atoms with E-state index in [1.807, 2.05) is 24.3 Å². The van der Waals surface area contributed by atoms with Gasteiger partial charge < -0.3 is 36.9 Å². The third-order valence-corrected chi connectivity index (χ3v) is 5.70. The first-order valence-electron chi connectivity index (χ1n) is 10.7. The van der Waals surface area contributed by atoms with Crippen LogP contribution in [0.25, 0.3) is 10.9 Å². The van der Waals surface area contributed by atoms with Crippen molar-refractivity contribution in [1.29, 1.82) is 0 Å². The third kappa shape index (κ3) is 6.95. The first-order valence-corrected chi connectivity index (χ1v) is 11.4. The summed E-state index contributed by atoms with van der Waals surface area (Å²) < 4.78 is 0. The molecule has 1 aromatic heterocycles. The summed E-state index contributed by atoms with van der Waals surface area (Å²) in [6, 6.07) is 2.67. The van der Waals surface area contributed by atoms with Gasteiger partial charge in [-0.1, -0.05) is 32.0 Å².